The molecule has 4 aromatic rings. The normalized spacial score (nSPS) is 17.8. The van der Waals surface area contributed by atoms with Gasteiger partial charge in [-0.05, 0) is 91.6 Å². The van der Waals surface area contributed by atoms with Crippen LogP contribution >= 0.6 is 0 Å². The van der Waals surface area contributed by atoms with Crippen molar-refractivity contribution in [2.24, 2.45) is 0 Å². The van der Waals surface area contributed by atoms with Crippen LogP contribution in [0.1, 0.15) is 59.1 Å². The molecule has 262 valence electrons. The van der Waals surface area contributed by atoms with Gasteiger partial charge >= 0.3 is 18.4 Å². The number of carbonyl (C=O) groups excluding carboxylic acids is 2. The highest BCUT2D eigenvalue weighted by Crippen LogP contribution is 2.43. The van der Waals surface area contributed by atoms with E-state index in [1.807, 2.05) is 11.0 Å². The van der Waals surface area contributed by atoms with Crippen molar-refractivity contribution in [2.75, 3.05) is 25.1 Å². The maximum atomic E-state index is 13.6. The summed E-state index contributed by atoms with van der Waals surface area (Å²) >= 11 is 0. The van der Waals surface area contributed by atoms with Crippen LogP contribution in [-0.4, -0.2) is 53.1 Å². The number of cyclic esters (lactones) is 1. The zero-order chi connectivity index (χ0) is 36.1. The topological polar surface area (TPSA) is 92.2 Å². The highest BCUT2D eigenvalue weighted by Gasteiger charge is 2.43. The molecule has 2 saturated heterocycles. The fraction of sp³-hybridized carbons (Fsp3) is 0.306. The Morgan fingerprint density at radius 1 is 0.920 bits per heavy atom. The highest BCUT2D eigenvalue weighted by atomic mass is 19.4. The van der Waals surface area contributed by atoms with Crippen LogP contribution in [-0.2, 0) is 23.6 Å². The van der Waals surface area contributed by atoms with Crippen molar-refractivity contribution in [1.82, 2.24) is 9.88 Å². The van der Waals surface area contributed by atoms with E-state index in [-0.39, 0.29) is 29.7 Å². The molecule has 2 aliphatic rings. The minimum atomic E-state index is -5.07. The Balaban J connectivity index is 1.41. The first-order valence-corrected chi connectivity index (χ1v) is 15.6. The smallest absolute Gasteiger partial charge is 0.416 e. The molecule has 1 amide bonds. The molecule has 50 heavy (non-hydrogen) atoms. The van der Waals surface area contributed by atoms with Crippen molar-refractivity contribution in [3.63, 3.8) is 0 Å². The Morgan fingerprint density at radius 2 is 1.56 bits per heavy atom. The van der Waals surface area contributed by atoms with Gasteiger partial charge in [-0.2, -0.15) is 26.3 Å². The predicted octanol–water partition coefficient (Wildman–Crippen LogP) is 8.66. The number of amides is 1. The van der Waals surface area contributed by atoms with E-state index in [1.165, 1.54) is 31.9 Å². The van der Waals surface area contributed by atoms with Gasteiger partial charge in [-0.1, -0.05) is 12.1 Å². The highest BCUT2D eigenvalue weighted by molar-refractivity contribution is 5.98. The molecule has 0 saturated carbocycles. The lowest BCUT2D eigenvalue weighted by atomic mass is 9.95. The lowest BCUT2D eigenvalue weighted by Crippen LogP contribution is -2.38. The number of halogens is 6. The van der Waals surface area contributed by atoms with Gasteiger partial charge < -0.3 is 19.5 Å². The van der Waals surface area contributed by atoms with Crippen molar-refractivity contribution >= 4 is 17.7 Å². The number of alkyl halides is 6. The number of ketones is 1. The van der Waals surface area contributed by atoms with Crippen LogP contribution in [0.3, 0.4) is 0 Å². The molecule has 1 aromatic heterocycles. The number of hydrogen-bond donors (Lipinski definition) is 1. The van der Waals surface area contributed by atoms with Gasteiger partial charge in [0.1, 0.15) is 23.4 Å². The van der Waals surface area contributed by atoms with Gasteiger partial charge in [0.15, 0.2) is 5.78 Å². The molecule has 2 aliphatic heterocycles. The van der Waals surface area contributed by atoms with Gasteiger partial charge in [-0.25, -0.2) is 9.78 Å². The van der Waals surface area contributed by atoms with Crippen LogP contribution in [0.5, 0.6) is 11.5 Å². The van der Waals surface area contributed by atoms with Gasteiger partial charge in [0, 0.05) is 24.2 Å². The maximum Gasteiger partial charge on any atom is 0.416 e. The lowest BCUT2D eigenvalue weighted by molar-refractivity contribution is -0.143. The fourth-order valence-electron chi connectivity index (χ4n) is 6.14. The van der Waals surface area contributed by atoms with E-state index in [9.17, 15) is 41.0 Å². The van der Waals surface area contributed by atoms with Crippen LogP contribution in [0.4, 0.5) is 37.0 Å². The number of pyridine rings is 1. The number of aromatic nitrogens is 1. The molecule has 0 radical (unpaired) electrons. The SMILES string of the molecule is COc1ccc(-c2ccc(O)c(C(C)=O)c2)cc1-c1ccc(N2CCC2)nc1CN1C(=O)OC(c2cc(C(F)(F)F)cc(C(F)(F)F)c2)C1C. The van der Waals surface area contributed by atoms with E-state index in [2.05, 4.69) is 0 Å². The molecule has 8 nitrogen and oxygen atoms in total. The number of ether oxygens (including phenoxy) is 2. The first kappa shape index (κ1) is 34.6. The largest absolute Gasteiger partial charge is 0.507 e. The summed E-state index contributed by atoms with van der Waals surface area (Å²) in [6, 6.07) is 13.7. The summed E-state index contributed by atoms with van der Waals surface area (Å²) < 4.78 is 93.0. The monoisotopic (exact) mass is 699 g/mol. The molecule has 0 aliphatic carbocycles. The number of phenols is 1. The van der Waals surface area contributed by atoms with Gasteiger partial charge in [0.2, 0.25) is 0 Å². The number of Topliss-reactive ketones (excluding diaryl/α,β-unsaturated/α-hetero) is 1. The molecule has 0 spiro atoms. The third kappa shape index (κ3) is 6.66. The lowest BCUT2D eigenvalue weighted by Gasteiger charge is -2.33. The Morgan fingerprint density at radius 3 is 2.14 bits per heavy atom. The molecular formula is C36H31F6N3O5. The van der Waals surface area contributed by atoms with Gasteiger partial charge in [-0.15, -0.1) is 0 Å². The van der Waals surface area contributed by atoms with E-state index in [0.717, 1.165) is 19.5 Å². The molecule has 3 aromatic carbocycles. The second-order valence-corrected chi connectivity index (χ2v) is 12.2. The zero-order valence-electron chi connectivity index (χ0n) is 27.0. The molecule has 14 heteroatoms. The molecule has 6 rings (SSSR count). The van der Waals surface area contributed by atoms with Crippen molar-refractivity contribution in [3.05, 3.63) is 94.7 Å². The number of methoxy groups -OCH3 is 1. The van der Waals surface area contributed by atoms with Crippen LogP contribution in [0.2, 0.25) is 0 Å². The summed E-state index contributed by atoms with van der Waals surface area (Å²) in [5.41, 5.74) is -0.541. The minimum Gasteiger partial charge on any atom is -0.507 e. The number of anilines is 1. The van der Waals surface area contributed by atoms with Crippen molar-refractivity contribution < 1.29 is 50.5 Å². The number of phenolic OH excluding ortho intramolecular Hbond substituents is 1. The number of nitrogens with zero attached hydrogens (tertiary/aromatic N) is 3. The third-order valence-corrected chi connectivity index (χ3v) is 8.99. The average Bonchev–Trinajstić information content (AvgIpc) is 3.31. The Labute approximate surface area is 282 Å². The van der Waals surface area contributed by atoms with Crippen LogP contribution in [0, 0.1) is 0 Å². The average molecular weight is 700 g/mol. The van der Waals surface area contributed by atoms with E-state index >= 15 is 0 Å². The van der Waals surface area contributed by atoms with Crippen LogP contribution in [0.15, 0.2) is 66.7 Å². The number of benzene rings is 3. The van der Waals surface area contributed by atoms with Crippen molar-refractivity contribution in [3.8, 4) is 33.8 Å². The van der Waals surface area contributed by atoms with E-state index in [4.69, 9.17) is 14.5 Å². The molecular weight excluding hydrogens is 668 g/mol. The Bertz CT molecular complexity index is 1940. The van der Waals surface area contributed by atoms with E-state index in [0.29, 0.717) is 51.6 Å². The molecule has 2 fully saturated rings. The van der Waals surface area contributed by atoms with Gasteiger partial charge in [-0.3, -0.25) is 9.69 Å². The third-order valence-electron chi connectivity index (χ3n) is 8.99. The number of aromatic hydroxyl groups is 1. The standard InChI is InChI=1S/C36H31F6N3O5/c1-19-33(23-13-24(35(37,38)39)17-25(14-23)36(40,41)42)50-34(48)45(19)18-29-26(7-10-32(43-29)44-11-4-12-44)28-16-22(6-9-31(28)49-3)21-5-8-30(47)27(15-21)20(2)46/h5-10,13-17,19,33,47H,4,11-12,18H2,1-3H3. The van der Waals surface area contributed by atoms with Crippen LogP contribution in [0.25, 0.3) is 22.3 Å². The Hall–Kier alpha value is -5.27. The van der Waals surface area contributed by atoms with E-state index < -0.39 is 47.3 Å². The summed E-state index contributed by atoms with van der Waals surface area (Å²) in [6.45, 7) is 4.14. The molecule has 1 N–H and O–H groups in total. The second kappa shape index (κ2) is 12.9. The second-order valence-electron chi connectivity index (χ2n) is 12.2. The van der Waals surface area contributed by atoms with Crippen molar-refractivity contribution in [1.29, 1.82) is 0 Å². The fourth-order valence-corrected chi connectivity index (χ4v) is 6.14. The Kier molecular flexibility index (Phi) is 8.91. The zero-order valence-corrected chi connectivity index (χ0v) is 27.0. The summed E-state index contributed by atoms with van der Waals surface area (Å²) in [6.07, 6.45) is -11.6. The van der Waals surface area contributed by atoms with E-state index in [1.54, 1.807) is 36.4 Å². The maximum absolute atomic E-state index is 13.6. The minimum absolute atomic E-state index is 0.0285. The number of hydrogen-bond acceptors (Lipinski definition) is 7. The summed E-state index contributed by atoms with van der Waals surface area (Å²) in [5.74, 6) is 0.584. The molecule has 2 unspecified atom stereocenters. The molecule has 2 atom stereocenters. The first-order valence-electron chi connectivity index (χ1n) is 15.6. The van der Waals surface area contributed by atoms with Crippen LogP contribution < -0.4 is 9.64 Å². The number of rotatable bonds is 8. The molecule has 3 heterocycles. The quantitative estimate of drug-likeness (QED) is 0.145. The van der Waals surface area contributed by atoms with Gasteiger partial charge in [0.25, 0.3) is 0 Å². The summed E-state index contributed by atoms with van der Waals surface area (Å²) in [7, 11) is 1.48. The first-order chi connectivity index (χ1) is 23.5. The predicted molar refractivity (Wildman–Crippen MR) is 171 cm³/mol. The summed E-state index contributed by atoms with van der Waals surface area (Å²) in [5, 5.41) is 10.2. The molecule has 0 bridgehead atoms. The number of carbonyl (C=O) groups is 2. The van der Waals surface area contributed by atoms with Gasteiger partial charge in [0.05, 0.1) is 42.1 Å². The van der Waals surface area contributed by atoms with Crippen molar-refractivity contribution in [2.45, 2.75) is 51.3 Å². The summed E-state index contributed by atoms with van der Waals surface area (Å²) in [4.78, 5) is 33.5.